The molecule has 4 saturated heterocycles. The fourth-order valence-corrected chi connectivity index (χ4v) is 15.5. The Balaban J connectivity index is 1.04. The van der Waals surface area contributed by atoms with Crippen molar-refractivity contribution >= 4 is 5.78 Å². The van der Waals surface area contributed by atoms with Crippen molar-refractivity contribution in [1.82, 2.24) is 0 Å². The van der Waals surface area contributed by atoms with Crippen LogP contribution in [0.25, 0.3) is 0 Å². The molecule has 19 nitrogen and oxygen atoms in total. The number of hydrogen-bond acceptors (Lipinski definition) is 19. The van der Waals surface area contributed by atoms with Gasteiger partial charge >= 0.3 is 0 Å². The molecule has 0 aromatic carbocycles. The summed E-state index contributed by atoms with van der Waals surface area (Å²) in [7, 11) is 0. The third-order valence-corrected chi connectivity index (χ3v) is 19.8. The Hall–Kier alpha value is -1.31. The summed E-state index contributed by atoms with van der Waals surface area (Å²) in [6.07, 6.45) is -19.2. The summed E-state index contributed by atoms with van der Waals surface area (Å²) in [4.78, 5) is 15.2. The van der Waals surface area contributed by atoms with Crippen LogP contribution >= 0.6 is 0 Å². The number of rotatable bonds is 9. The highest BCUT2D eigenvalue weighted by Gasteiger charge is 2.81. The van der Waals surface area contributed by atoms with Gasteiger partial charge in [-0.05, 0) is 86.5 Å². The van der Waals surface area contributed by atoms with Gasteiger partial charge in [0.05, 0.1) is 44.7 Å². The molecule has 0 amide bonds. The SMILES string of the molecule is C[C@H]1O[C@@H](O[C@H]2CC[C@]3(C)C4=CC(=O)[C@]56OC[C@@]7(CCC(C)(C)C[C@H]75)[C@@H](O)C[C@@]6(C)[C@]4(C)CC[C@H]3[C@]2(C)CO)[C@H](O[C@@H]2O[C@H](CO)[C@@H](O)[C@H](O)[C@H]2O)[C@@H](O[C@@H]2O[C@H](CO)[C@@H](O)[C@H](O)[C@H]2O)[C@H]1O. The number of fused-ring (bicyclic) bond motifs is 4. The van der Waals surface area contributed by atoms with E-state index in [9.17, 15) is 56.2 Å². The minimum Gasteiger partial charge on any atom is -0.396 e. The molecule has 5 aliphatic carbocycles. The van der Waals surface area contributed by atoms with Crippen molar-refractivity contribution in [3.05, 3.63) is 11.6 Å². The topological polar surface area (TPSA) is 304 Å². The fraction of sp³-hybridized carbons (Fsp3) is 0.938. The minimum atomic E-state index is -1.91. The molecule has 67 heavy (non-hydrogen) atoms. The van der Waals surface area contributed by atoms with E-state index >= 15 is 4.79 Å². The van der Waals surface area contributed by atoms with Crippen LogP contribution in [0.3, 0.4) is 0 Å². The third-order valence-electron chi connectivity index (χ3n) is 19.8. The summed E-state index contributed by atoms with van der Waals surface area (Å²) in [6, 6.07) is 0. The largest absolute Gasteiger partial charge is 0.396 e. The predicted molar refractivity (Wildman–Crippen MR) is 230 cm³/mol. The number of hydrogen-bond donors (Lipinski definition) is 11. The molecule has 4 heterocycles. The molecule has 0 radical (unpaired) electrons. The Bertz CT molecular complexity index is 1900. The van der Waals surface area contributed by atoms with Crippen molar-refractivity contribution in [3.8, 4) is 0 Å². The zero-order valence-corrected chi connectivity index (χ0v) is 39.7. The highest BCUT2D eigenvalue weighted by atomic mass is 16.8. The quantitative estimate of drug-likeness (QED) is 0.123. The van der Waals surface area contributed by atoms with Crippen molar-refractivity contribution in [2.75, 3.05) is 26.4 Å². The molecule has 0 aromatic rings. The summed E-state index contributed by atoms with van der Waals surface area (Å²) in [5.41, 5.74) is -3.55. The molecular weight excluding hydrogens is 881 g/mol. The number of carbonyl (C=O) groups excluding carboxylic acids is 1. The van der Waals surface area contributed by atoms with Gasteiger partial charge < -0.3 is 89.3 Å². The number of aliphatic hydroxyl groups is 11. The number of aliphatic hydroxyl groups excluding tert-OH is 11. The lowest BCUT2D eigenvalue weighted by atomic mass is 9.33. The van der Waals surface area contributed by atoms with Crippen LogP contribution in [0.2, 0.25) is 0 Å². The first kappa shape index (κ1) is 50.6. The van der Waals surface area contributed by atoms with Crippen molar-refractivity contribution < 1.29 is 94.1 Å². The van der Waals surface area contributed by atoms with Crippen LogP contribution in [0, 0.1) is 44.3 Å². The molecule has 9 aliphatic rings. The number of ether oxygens (including phenoxy) is 7. The Kier molecular flexibility index (Phi) is 13.0. The van der Waals surface area contributed by atoms with E-state index < -0.39 is 150 Å². The van der Waals surface area contributed by atoms with E-state index in [0.717, 1.165) is 24.8 Å². The lowest BCUT2D eigenvalue weighted by molar-refractivity contribution is -0.397. The molecule has 9 rings (SSSR count). The third kappa shape index (κ3) is 7.07. The number of carbonyl (C=O) groups is 1. The van der Waals surface area contributed by atoms with Crippen molar-refractivity contribution in [3.63, 3.8) is 0 Å². The van der Waals surface area contributed by atoms with Crippen LogP contribution in [0.5, 0.6) is 0 Å². The summed E-state index contributed by atoms with van der Waals surface area (Å²) < 4.78 is 44.0. The van der Waals surface area contributed by atoms with Crippen LogP contribution < -0.4 is 0 Å². The first-order valence-electron chi connectivity index (χ1n) is 24.5. The highest BCUT2D eigenvalue weighted by molar-refractivity contribution is 6.01. The fourth-order valence-electron chi connectivity index (χ4n) is 15.5. The zero-order valence-electron chi connectivity index (χ0n) is 39.7. The monoisotopic (exact) mass is 956 g/mol. The molecule has 0 unspecified atom stereocenters. The van der Waals surface area contributed by atoms with Crippen LogP contribution in [-0.4, -0.2) is 198 Å². The van der Waals surface area contributed by atoms with E-state index in [0.29, 0.717) is 38.7 Å². The van der Waals surface area contributed by atoms with Crippen molar-refractivity contribution in [2.24, 2.45) is 44.3 Å². The van der Waals surface area contributed by atoms with E-state index in [4.69, 9.17) is 33.2 Å². The first-order chi connectivity index (χ1) is 31.3. The van der Waals surface area contributed by atoms with Crippen LogP contribution in [0.1, 0.15) is 99.8 Å². The lowest BCUT2D eigenvalue weighted by Gasteiger charge is -2.71. The summed E-state index contributed by atoms with van der Waals surface area (Å²) >= 11 is 0. The molecule has 8 fully saturated rings. The average molecular weight is 957 g/mol. The van der Waals surface area contributed by atoms with E-state index in [-0.39, 0.29) is 29.6 Å². The van der Waals surface area contributed by atoms with E-state index in [1.54, 1.807) is 0 Å². The normalized spacial score (nSPS) is 57.1. The second-order valence-electron chi connectivity index (χ2n) is 23.6. The van der Waals surface area contributed by atoms with Gasteiger partial charge in [-0.3, -0.25) is 4.79 Å². The summed E-state index contributed by atoms with van der Waals surface area (Å²) in [6.45, 7) is 12.9. The molecule has 0 aromatic heterocycles. The van der Waals surface area contributed by atoms with Gasteiger partial charge in [0.2, 0.25) is 0 Å². The Morgan fingerprint density at radius 3 is 1.82 bits per heavy atom. The molecule has 2 bridgehead atoms. The smallest absolute Gasteiger partial charge is 0.188 e. The van der Waals surface area contributed by atoms with Crippen molar-refractivity contribution in [1.29, 1.82) is 0 Å². The predicted octanol–water partition coefficient (Wildman–Crippen LogP) is -1.08. The standard InChI is InChI=1S/C48H76O19/c1-21-30(54)37(66-39-35(59)33(57)31(55)22(17-49)63-39)38(67-40-36(60)34(58)32(56)23(18-50)64-40)41(62-21)65-29-9-10-43(4)24(44(29,5)19-51)8-11-45(6)25(43)14-27(52)48-26-15-42(2,3)12-13-47(26,20-61-48)28(53)16-46(45,48)7/h14,21-24,26,28-41,49-51,53-60H,8-13,15-20H2,1-7H3/t21-,22-,23-,24-,26-,28+,29+,30+,31-,32-,33+,34+,35-,36-,37+,38-,39+,40+,41+,43+,44+,45-,46+,47-,48-/m1/s1. The second-order valence-corrected chi connectivity index (χ2v) is 23.6. The van der Waals surface area contributed by atoms with Gasteiger partial charge in [-0.15, -0.1) is 0 Å². The Morgan fingerprint density at radius 1 is 0.642 bits per heavy atom. The van der Waals surface area contributed by atoms with Gasteiger partial charge in [-0.2, -0.15) is 0 Å². The van der Waals surface area contributed by atoms with Gasteiger partial charge in [-0.25, -0.2) is 0 Å². The highest BCUT2D eigenvalue weighted by Crippen LogP contribution is 2.78. The van der Waals surface area contributed by atoms with Crippen molar-refractivity contribution in [2.45, 2.75) is 210 Å². The minimum absolute atomic E-state index is 0.0220. The van der Waals surface area contributed by atoms with Gasteiger partial charge in [0.15, 0.2) is 24.7 Å². The van der Waals surface area contributed by atoms with Crippen LogP contribution in [-0.2, 0) is 38.0 Å². The van der Waals surface area contributed by atoms with Gasteiger partial charge in [0.25, 0.3) is 0 Å². The molecule has 1 spiro atoms. The maximum Gasteiger partial charge on any atom is 0.188 e. The zero-order chi connectivity index (χ0) is 48.8. The van der Waals surface area contributed by atoms with Crippen LogP contribution in [0.15, 0.2) is 11.6 Å². The molecule has 4 aliphatic heterocycles. The summed E-state index contributed by atoms with van der Waals surface area (Å²) in [5, 5.41) is 120. The lowest BCUT2D eigenvalue weighted by Crippen LogP contribution is -2.74. The summed E-state index contributed by atoms with van der Waals surface area (Å²) in [5.74, 6) is -0.455. The van der Waals surface area contributed by atoms with E-state index in [1.807, 2.05) is 13.0 Å². The van der Waals surface area contributed by atoms with E-state index in [1.165, 1.54) is 6.92 Å². The maximum atomic E-state index is 15.2. The number of ketones is 1. The Labute approximate surface area is 391 Å². The van der Waals surface area contributed by atoms with Gasteiger partial charge in [0.1, 0.15) is 72.7 Å². The van der Waals surface area contributed by atoms with Crippen LogP contribution in [0.4, 0.5) is 0 Å². The van der Waals surface area contributed by atoms with Gasteiger partial charge in [-0.1, -0.05) is 47.1 Å². The first-order valence-corrected chi connectivity index (χ1v) is 24.5. The Morgan fingerprint density at radius 2 is 1.24 bits per heavy atom. The molecule has 11 N–H and O–H groups in total. The molecule has 382 valence electrons. The van der Waals surface area contributed by atoms with Gasteiger partial charge in [0, 0.05) is 22.2 Å². The van der Waals surface area contributed by atoms with E-state index in [2.05, 4.69) is 34.6 Å². The second kappa shape index (κ2) is 17.2. The molecule has 19 heteroatoms. The molecule has 4 saturated carbocycles. The molecule has 25 atom stereocenters. The molecular formula is C48H76O19. The average Bonchev–Trinajstić information content (AvgIpc) is 3.58. The number of allylic oxidation sites excluding steroid dienone is 1. The maximum absolute atomic E-state index is 15.2.